The van der Waals surface area contributed by atoms with Crippen molar-refractivity contribution in [2.75, 3.05) is 0 Å². The number of rotatable bonds is 3. The lowest BCUT2D eigenvalue weighted by atomic mass is 10.4. The van der Waals surface area contributed by atoms with E-state index >= 15 is 0 Å². The summed E-state index contributed by atoms with van der Waals surface area (Å²) in [4.78, 5) is 16.1. The molecular weight excluding hydrogens is 272 g/mol. The van der Waals surface area contributed by atoms with Gasteiger partial charge in [0.25, 0.3) is 0 Å². The van der Waals surface area contributed by atoms with Crippen molar-refractivity contribution in [3.8, 4) is 0 Å². The topological polar surface area (TPSA) is 73.8 Å². The van der Waals surface area contributed by atoms with E-state index in [1.807, 2.05) is 13.8 Å². The first kappa shape index (κ1) is 13.0. The van der Waals surface area contributed by atoms with E-state index in [9.17, 15) is 10.1 Å². The van der Waals surface area contributed by atoms with Crippen LogP contribution in [0.2, 0.25) is 0 Å². The molecule has 2 rings (SSSR count). The van der Waals surface area contributed by atoms with Crippen molar-refractivity contribution in [2.45, 2.75) is 30.1 Å². The van der Waals surface area contributed by atoms with Gasteiger partial charge in [0.05, 0.1) is 10.6 Å². The van der Waals surface area contributed by atoms with Crippen molar-refractivity contribution < 1.29 is 4.92 Å². The lowest BCUT2D eigenvalue weighted by Gasteiger charge is -1.97. The van der Waals surface area contributed by atoms with Gasteiger partial charge < -0.3 is 0 Å². The van der Waals surface area contributed by atoms with Gasteiger partial charge in [-0.15, -0.1) is 11.3 Å². The number of thiazole rings is 1. The average molecular weight is 284 g/mol. The van der Waals surface area contributed by atoms with Gasteiger partial charge in [0.15, 0.2) is 9.37 Å². The maximum Gasteiger partial charge on any atom is 0.324 e. The van der Waals surface area contributed by atoms with E-state index in [2.05, 4.69) is 10.1 Å². The molecule has 0 saturated carbocycles. The van der Waals surface area contributed by atoms with Gasteiger partial charge in [-0.25, -0.2) is 4.98 Å². The third-order valence-corrected chi connectivity index (χ3v) is 4.80. The molecular formula is C10H12N4O2S2. The fourth-order valence-corrected chi connectivity index (χ4v) is 3.78. The molecule has 0 saturated heterocycles. The fourth-order valence-electron chi connectivity index (χ4n) is 1.52. The van der Waals surface area contributed by atoms with Crippen LogP contribution in [0.25, 0.3) is 0 Å². The molecule has 0 amide bonds. The Labute approximate surface area is 112 Å². The van der Waals surface area contributed by atoms with Crippen molar-refractivity contribution >= 4 is 28.8 Å². The third kappa shape index (κ3) is 2.25. The number of aryl methyl sites for hydroxylation is 4. The van der Waals surface area contributed by atoms with Crippen LogP contribution in [0.15, 0.2) is 9.37 Å². The molecule has 0 aliphatic rings. The summed E-state index contributed by atoms with van der Waals surface area (Å²) in [5.41, 5.74) is 1.45. The van der Waals surface area contributed by atoms with E-state index < -0.39 is 4.92 Å². The minimum atomic E-state index is -0.391. The van der Waals surface area contributed by atoms with Crippen molar-refractivity contribution in [3.05, 3.63) is 26.4 Å². The second-order valence-corrected chi connectivity index (χ2v) is 6.28. The predicted octanol–water partition coefficient (Wildman–Crippen LogP) is 2.86. The van der Waals surface area contributed by atoms with Crippen molar-refractivity contribution in [1.29, 1.82) is 0 Å². The van der Waals surface area contributed by atoms with Crippen LogP contribution >= 0.6 is 23.1 Å². The summed E-state index contributed by atoms with van der Waals surface area (Å²) in [5, 5.41) is 15.6. The Morgan fingerprint density at radius 2 is 2.00 bits per heavy atom. The van der Waals surface area contributed by atoms with Crippen molar-refractivity contribution in [1.82, 2.24) is 14.8 Å². The van der Waals surface area contributed by atoms with Crippen LogP contribution in [0, 0.1) is 30.9 Å². The quantitative estimate of drug-likeness (QED) is 0.640. The summed E-state index contributed by atoms with van der Waals surface area (Å²) >= 11 is 2.83. The summed E-state index contributed by atoms with van der Waals surface area (Å²) in [5.74, 6) is 0. The van der Waals surface area contributed by atoms with Crippen LogP contribution in [0.3, 0.4) is 0 Å². The van der Waals surface area contributed by atoms with Gasteiger partial charge >= 0.3 is 5.69 Å². The Hall–Kier alpha value is -1.41. The van der Waals surface area contributed by atoms with Gasteiger partial charge in [0.2, 0.25) is 0 Å². The summed E-state index contributed by atoms with van der Waals surface area (Å²) in [6, 6.07) is 0. The fraction of sp³-hybridized carbons (Fsp3) is 0.400. The number of hydrogen-bond acceptors (Lipinski definition) is 6. The summed E-state index contributed by atoms with van der Waals surface area (Å²) in [6.07, 6.45) is 0. The van der Waals surface area contributed by atoms with E-state index in [1.54, 1.807) is 14.0 Å². The molecule has 8 heteroatoms. The standard InChI is InChI=1S/C10H12N4O2S2/c1-5-7(3)17-10(11-5)18-9-8(14(15)16)6(2)12-13(9)4/h1-4H3. The predicted molar refractivity (Wildman–Crippen MR) is 70.3 cm³/mol. The first-order valence-electron chi connectivity index (χ1n) is 5.20. The lowest BCUT2D eigenvalue weighted by Crippen LogP contribution is -1.94. The van der Waals surface area contributed by atoms with Crippen molar-refractivity contribution in [2.24, 2.45) is 7.05 Å². The van der Waals surface area contributed by atoms with E-state index in [0.29, 0.717) is 10.7 Å². The van der Waals surface area contributed by atoms with Gasteiger partial charge in [-0.05, 0) is 32.5 Å². The van der Waals surface area contributed by atoms with Gasteiger partial charge in [0, 0.05) is 11.9 Å². The smallest absolute Gasteiger partial charge is 0.258 e. The number of hydrogen-bond donors (Lipinski definition) is 0. The highest BCUT2D eigenvalue weighted by Gasteiger charge is 2.25. The molecule has 96 valence electrons. The zero-order valence-corrected chi connectivity index (χ0v) is 12.1. The van der Waals surface area contributed by atoms with E-state index in [-0.39, 0.29) is 5.69 Å². The Balaban J connectivity index is 2.42. The highest BCUT2D eigenvalue weighted by Crippen LogP contribution is 2.38. The van der Waals surface area contributed by atoms with Gasteiger partial charge in [0.1, 0.15) is 5.69 Å². The molecule has 0 bridgehead atoms. The van der Waals surface area contributed by atoms with Gasteiger partial charge in [-0.2, -0.15) is 5.10 Å². The van der Waals surface area contributed by atoms with Crippen LogP contribution in [-0.2, 0) is 7.05 Å². The Kier molecular flexibility index (Phi) is 3.40. The highest BCUT2D eigenvalue weighted by atomic mass is 32.2. The average Bonchev–Trinajstić information content (AvgIpc) is 2.69. The second-order valence-electron chi connectivity index (χ2n) is 3.84. The molecule has 0 fully saturated rings. The minimum absolute atomic E-state index is 0.0630. The SMILES string of the molecule is Cc1nc(Sc2c([N+](=O)[O-])c(C)nn2C)sc1C. The van der Waals surface area contributed by atoms with E-state index in [0.717, 1.165) is 14.9 Å². The van der Waals surface area contributed by atoms with Crippen LogP contribution in [0.4, 0.5) is 5.69 Å². The van der Waals surface area contributed by atoms with Crippen LogP contribution in [-0.4, -0.2) is 19.7 Å². The first-order chi connectivity index (χ1) is 8.40. The summed E-state index contributed by atoms with van der Waals surface area (Å²) < 4.78 is 2.33. The molecule has 0 atom stereocenters. The Morgan fingerprint density at radius 1 is 1.33 bits per heavy atom. The zero-order chi connectivity index (χ0) is 13.4. The Morgan fingerprint density at radius 3 is 2.50 bits per heavy atom. The van der Waals surface area contributed by atoms with Crippen LogP contribution < -0.4 is 0 Å². The normalized spacial score (nSPS) is 10.9. The summed E-state index contributed by atoms with van der Waals surface area (Å²) in [7, 11) is 1.70. The molecule has 0 aliphatic heterocycles. The highest BCUT2D eigenvalue weighted by molar-refractivity contribution is 8.01. The zero-order valence-electron chi connectivity index (χ0n) is 10.4. The van der Waals surface area contributed by atoms with E-state index in [4.69, 9.17) is 0 Å². The second kappa shape index (κ2) is 4.69. The maximum atomic E-state index is 11.0. The third-order valence-electron chi connectivity index (χ3n) is 2.51. The molecule has 2 heterocycles. The molecule has 18 heavy (non-hydrogen) atoms. The molecule has 0 unspecified atom stereocenters. The monoisotopic (exact) mass is 284 g/mol. The number of aromatic nitrogens is 3. The van der Waals surface area contributed by atoms with Gasteiger partial charge in [-0.3, -0.25) is 14.8 Å². The molecule has 0 aromatic carbocycles. The van der Waals surface area contributed by atoms with Crippen molar-refractivity contribution in [3.63, 3.8) is 0 Å². The molecule has 0 spiro atoms. The Bertz CT molecular complexity index is 598. The number of nitrogens with zero attached hydrogens (tertiary/aromatic N) is 4. The number of nitro groups is 1. The minimum Gasteiger partial charge on any atom is -0.258 e. The molecule has 6 nitrogen and oxygen atoms in total. The maximum absolute atomic E-state index is 11.0. The van der Waals surface area contributed by atoms with E-state index in [1.165, 1.54) is 27.8 Å². The molecule has 0 N–H and O–H groups in total. The van der Waals surface area contributed by atoms with Crippen LogP contribution in [0.1, 0.15) is 16.3 Å². The molecule has 2 aromatic heterocycles. The molecule has 2 aromatic rings. The largest absolute Gasteiger partial charge is 0.324 e. The molecule has 0 aliphatic carbocycles. The summed E-state index contributed by atoms with van der Waals surface area (Å²) in [6.45, 7) is 5.55. The first-order valence-corrected chi connectivity index (χ1v) is 6.83. The van der Waals surface area contributed by atoms with Gasteiger partial charge in [-0.1, -0.05) is 0 Å². The lowest BCUT2D eigenvalue weighted by molar-refractivity contribution is -0.388. The van der Waals surface area contributed by atoms with Crippen LogP contribution in [0.5, 0.6) is 0 Å². The molecule has 0 radical (unpaired) electrons.